The third kappa shape index (κ3) is 2.43. The molecule has 25 heavy (non-hydrogen) atoms. The number of benzene rings is 1. The molecular weight excluding hydrogens is 388 g/mol. The zero-order chi connectivity index (χ0) is 17.6. The number of hydrogen-bond donors (Lipinski definition) is 2. The van der Waals surface area contributed by atoms with Gasteiger partial charge >= 0.3 is 6.03 Å². The molecule has 3 heterocycles. The molecule has 9 heteroatoms. The molecule has 1 aromatic carbocycles. The monoisotopic (exact) mass is 400 g/mol. The second-order valence-electron chi connectivity index (χ2n) is 5.40. The number of halogens is 1. The molecule has 2 aliphatic heterocycles. The number of fused-ring (bicyclic) bond motifs is 3. The molecule has 1 aromatic heterocycles. The van der Waals surface area contributed by atoms with E-state index in [4.69, 9.17) is 0 Å². The molecule has 0 atom stereocenters. The summed E-state index contributed by atoms with van der Waals surface area (Å²) in [6, 6.07) is 6.95. The van der Waals surface area contributed by atoms with E-state index in [1.54, 1.807) is 18.3 Å². The Morgan fingerprint density at radius 2 is 2.08 bits per heavy atom. The first-order valence-electron chi connectivity index (χ1n) is 7.62. The first-order chi connectivity index (χ1) is 12.1. The summed E-state index contributed by atoms with van der Waals surface area (Å²) < 4.78 is 3.48. The average molecular weight is 401 g/mol. The van der Waals surface area contributed by atoms with E-state index < -0.39 is 0 Å². The topological polar surface area (TPSA) is 97.6 Å². The van der Waals surface area contributed by atoms with Crippen molar-refractivity contribution in [1.82, 2.24) is 29.9 Å². The molecule has 0 aliphatic carbocycles. The highest BCUT2D eigenvalue weighted by atomic mass is 79.9. The lowest BCUT2D eigenvalue weighted by Crippen LogP contribution is -2.29. The van der Waals surface area contributed by atoms with Crippen LogP contribution in [-0.4, -0.2) is 37.1 Å². The average Bonchev–Trinajstić information content (AvgIpc) is 3.17. The highest BCUT2D eigenvalue weighted by molar-refractivity contribution is 9.10. The summed E-state index contributed by atoms with van der Waals surface area (Å²) in [7, 11) is 0. The van der Waals surface area contributed by atoms with Crippen molar-refractivity contribution in [3.05, 3.63) is 51.5 Å². The van der Waals surface area contributed by atoms with Gasteiger partial charge in [0.15, 0.2) is 0 Å². The van der Waals surface area contributed by atoms with E-state index in [9.17, 15) is 9.59 Å². The van der Waals surface area contributed by atoms with Gasteiger partial charge in [-0.3, -0.25) is 4.79 Å². The fourth-order valence-electron chi connectivity index (χ4n) is 2.68. The molecular formula is C16H13BrN6O2. The maximum Gasteiger partial charge on any atom is 0.344 e. The SMILES string of the molecule is CCNC(=O)n1ncc2c3nn(-c4ccc(Br)cc4)c(=O)c-3c[nH]c21. The Bertz CT molecular complexity index is 1110. The maximum absolute atomic E-state index is 12.7. The van der Waals surface area contributed by atoms with Crippen molar-refractivity contribution in [2.45, 2.75) is 6.92 Å². The lowest BCUT2D eigenvalue weighted by Gasteiger charge is -2.03. The molecule has 0 spiro atoms. The summed E-state index contributed by atoms with van der Waals surface area (Å²) in [5, 5.41) is 11.8. The van der Waals surface area contributed by atoms with Gasteiger partial charge in [-0.25, -0.2) is 4.79 Å². The molecule has 0 saturated heterocycles. The van der Waals surface area contributed by atoms with Crippen LogP contribution in [0, 0.1) is 0 Å². The van der Waals surface area contributed by atoms with Gasteiger partial charge in [0, 0.05) is 17.2 Å². The van der Waals surface area contributed by atoms with Gasteiger partial charge in [-0.15, -0.1) is 0 Å². The van der Waals surface area contributed by atoms with Gasteiger partial charge in [0.05, 0.1) is 22.8 Å². The highest BCUT2D eigenvalue weighted by Gasteiger charge is 2.22. The maximum atomic E-state index is 12.7. The van der Waals surface area contributed by atoms with Crippen LogP contribution in [0.15, 0.2) is 45.9 Å². The normalized spacial score (nSPS) is 11.3. The molecule has 1 amide bonds. The van der Waals surface area contributed by atoms with Gasteiger partial charge in [0.2, 0.25) is 0 Å². The van der Waals surface area contributed by atoms with Crippen LogP contribution in [0.1, 0.15) is 6.92 Å². The number of aromatic amines is 1. The van der Waals surface area contributed by atoms with Gasteiger partial charge in [-0.1, -0.05) is 15.9 Å². The van der Waals surface area contributed by atoms with Crippen molar-refractivity contribution >= 4 is 33.0 Å². The minimum atomic E-state index is -0.345. The van der Waals surface area contributed by atoms with Gasteiger partial charge < -0.3 is 10.3 Å². The molecule has 0 fully saturated rings. The van der Waals surface area contributed by atoms with Crippen LogP contribution in [0.5, 0.6) is 0 Å². The van der Waals surface area contributed by atoms with Crippen LogP contribution < -0.4 is 10.9 Å². The molecule has 8 nitrogen and oxygen atoms in total. The van der Waals surface area contributed by atoms with Crippen molar-refractivity contribution in [2.75, 3.05) is 6.54 Å². The van der Waals surface area contributed by atoms with E-state index in [1.807, 2.05) is 19.1 Å². The minimum Gasteiger partial charge on any atom is -0.345 e. The van der Waals surface area contributed by atoms with Crippen molar-refractivity contribution < 1.29 is 4.79 Å². The molecule has 0 bridgehead atoms. The number of rotatable bonds is 2. The van der Waals surface area contributed by atoms with Crippen LogP contribution in [0.3, 0.4) is 0 Å². The summed E-state index contributed by atoms with van der Waals surface area (Å²) in [4.78, 5) is 27.7. The number of H-pyrrole nitrogens is 1. The number of nitrogens with one attached hydrogen (secondary N) is 2. The second-order valence-corrected chi connectivity index (χ2v) is 6.31. The van der Waals surface area contributed by atoms with Gasteiger partial charge in [0.25, 0.3) is 5.56 Å². The summed E-state index contributed by atoms with van der Waals surface area (Å²) in [6.07, 6.45) is 3.08. The summed E-state index contributed by atoms with van der Waals surface area (Å²) in [6.45, 7) is 2.32. The fraction of sp³-hybridized carbons (Fsp3) is 0.125. The zero-order valence-electron chi connectivity index (χ0n) is 13.2. The molecule has 2 aromatic rings. The Balaban J connectivity index is 1.92. The van der Waals surface area contributed by atoms with E-state index in [0.717, 1.165) is 4.47 Å². The van der Waals surface area contributed by atoms with Gasteiger partial charge in [-0.2, -0.15) is 19.6 Å². The lowest BCUT2D eigenvalue weighted by molar-refractivity contribution is 0.241. The number of aromatic nitrogens is 5. The Labute approximate surface area is 149 Å². The predicted octanol–water partition coefficient (Wildman–Crippen LogP) is 2.36. The number of amides is 1. The Morgan fingerprint density at radius 1 is 1.32 bits per heavy atom. The molecule has 0 saturated carbocycles. The highest BCUT2D eigenvalue weighted by Crippen LogP contribution is 2.26. The van der Waals surface area contributed by atoms with Crippen LogP contribution >= 0.6 is 15.9 Å². The van der Waals surface area contributed by atoms with Crippen LogP contribution in [0.2, 0.25) is 0 Å². The second kappa shape index (κ2) is 5.85. The smallest absolute Gasteiger partial charge is 0.344 e. The largest absolute Gasteiger partial charge is 0.345 e. The number of hydrogen-bond acceptors (Lipinski definition) is 4. The Kier molecular flexibility index (Phi) is 3.65. The first kappa shape index (κ1) is 15.6. The summed E-state index contributed by atoms with van der Waals surface area (Å²) in [5.41, 5.74) is 1.84. The quantitative estimate of drug-likeness (QED) is 0.539. The molecule has 4 rings (SSSR count). The minimum absolute atomic E-state index is 0.235. The van der Waals surface area contributed by atoms with Crippen molar-refractivity contribution in [3.63, 3.8) is 0 Å². The van der Waals surface area contributed by atoms with Crippen LogP contribution in [0.25, 0.3) is 28.0 Å². The molecule has 0 radical (unpaired) electrons. The molecule has 126 valence electrons. The number of carbonyl (C=O) groups excluding carboxylic acids is 1. The zero-order valence-corrected chi connectivity index (χ0v) is 14.7. The standard InChI is InChI=1S/C16H13BrN6O2/c1-2-18-16(25)23-14-11(8-20-23)13-12(7-19-14)15(24)22(21-13)10-5-3-9(17)4-6-10/h3-8,19H,2H2,1H3,(H,18,25). The first-order valence-corrected chi connectivity index (χ1v) is 8.41. The van der Waals surface area contributed by atoms with E-state index in [-0.39, 0.29) is 11.6 Å². The van der Waals surface area contributed by atoms with E-state index >= 15 is 0 Å². The third-order valence-electron chi connectivity index (χ3n) is 3.85. The molecule has 2 aliphatic rings. The summed E-state index contributed by atoms with van der Waals surface area (Å²) >= 11 is 3.37. The Morgan fingerprint density at radius 3 is 2.80 bits per heavy atom. The number of nitrogens with zero attached hydrogens (tertiary/aromatic N) is 4. The Hall–Kier alpha value is -2.94. The van der Waals surface area contributed by atoms with Crippen molar-refractivity contribution in [3.8, 4) is 16.9 Å². The third-order valence-corrected chi connectivity index (χ3v) is 4.38. The predicted molar refractivity (Wildman–Crippen MR) is 96.3 cm³/mol. The van der Waals surface area contributed by atoms with E-state index in [0.29, 0.717) is 34.5 Å². The van der Waals surface area contributed by atoms with Crippen LogP contribution in [0.4, 0.5) is 4.79 Å². The van der Waals surface area contributed by atoms with Crippen molar-refractivity contribution in [2.24, 2.45) is 0 Å². The molecule has 0 unspecified atom stereocenters. The lowest BCUT2D eigenvalue weighted by atomic mass is 10.2. The summed E-state index contributed by atoms with van der Waals surface area (Å²) in [5.74, 6) is 0. The van der Waals surface area contributed by atoms with E-state index in [1.165, 1.54) is 15.6 Å². The fourth-order valence-corrected chi connectivity index (χ4v) is 2.95. The molecule has 2 N–H and O–H groups in total. The number of carbonyl (C=O) groups is 1. The van der Waals surface area contributed by atoms with Crippen LogP contribution in [-0.2, 0) is 0 Å². The van der Waals surface area contributed by atoms with Gasteiger partial charge in [-0.05, 0) is 31.2 Å². The number of pyridine rings is 1. The van der Waals surface area contributed by atoms with Crippen molar-refractivity contribution in [1.29, 1.82) is 0 Å². The van der Waals surface area contributed by atoms with Gasteiger partial charge in [0.1, 0.15) is 11.3 Å². The van der Waals surface area contributed by atoms with E-state index in [2.05, 4.69) is 36.4 Å².